The van der Waals surface area contributed by atoms with Crippen LogP contribution < -0.4 is 14.8 Å². The normalized spacial score (nSPS) is 11.1. The highest BCUT2D eigenvalue weighted by molar-refractivity contribution is 6.42. The standard InChI is InChI=1S/C22H29Cl2NO3/c1-4-26-22-13-17(14-25-10-5-11-27-16(2)3)7-9-21(22)28-15-18-6-8-19(23)20(24)12-18/h6-9,12-13,16,25H,4-5,10-11,14-15H2,1-3H3. The van der Waals surface area contributed by atoms with Gasteiger partial charge in [-0.1, -0.05) is 35.3 Å². The number of hydrogen-bond acceptors (Lipinski definition) is 4. The third kappa shape index (κ3) is 7.88. The molecule has 0 amide bonds. The van der Waals surface area contributed by atoms with Crippen molar-refractivity contribution in [3.8, 4) is 11.5 Å². The van der Waals surface area contributed by atoms with Crippen LogP contribution in [0.15, 0.2) is 36.4 Å². The second-order valence-corrected chi connectivity index (χ2v) is 7.52. The van der Waals surface area contributed by atoms with Crippen LogP contribution in [0.4, 0.5) is 0 Å². The Kier molecular flexibility index (Phi) is 9.93. The number of halogens is 2. The van der Waals surface area contributed by atoms with E-state index in [-0.39, 0.29) is 6.10 Å². The highest BCUT2D eigenvalue weighted by Gasteiger charge is 2.08. The van der Waals surface area contributed by atoms with Crippen molar-refractivity contribution in [2.75, 3.05) is 19.8 Å². The van der Waals surface area contributed by atoms with Crippen LogP contribution in [-0.2, 0) is 17.9 Å². The van der Waals surface area contributed by atoms with Crippen molar-refractivity contribution in [1.82, 2.24) is 5.32 Å². The van der Waals surface area contributed by atoms with Gasteiger partial charge in [0.25, 0.3) is 0 Å². The molecule has 1 N–H and O–H groups in total. The van der Waals surface area contributed by atoms with E-state index in [9.17, 15) is 0 Å². The Hall–Kier alpha value is -1.46. The van der Waals surface area contributed by atoms with E-state index in [0.29, 0.717) is 29.0 Å². The Balaban J connectivity index is 1.89. The van der Waals surface area contributed by atoms with Crippen LogP contribution in [0.1, 0.15) is 38.3 Å². The van der Waals surface area contributed by atoms with Crippen LogP contribution in [0, 0.1) is 0 Å². The SMILES string of the molecule is CCOc1cc(CNCCCOC(C)C)ccc1OCc1ccc(Cl)c(Cl)c1. The number of hydrogen-bond donors (Lipinski definition) is 1. The smallest absolute Gasteiger partial charge is 0.161 e. The molecule has 0 unspecified atom stereocenters. The molecule has 4 nitrogen and oxygen atoms in total. The topological polar surface area (TPSA) is 39.7 Å². The first-order chi connectivity index (χ1) is 13.5. The van der Waals surface area contributed by atoms with E-state index in [4.69, 9.17) is 37.4 Å². The van der Waals surface area contributed by atoms with Gasteiger partial charge in [0.05, 0.1) is 22.8 Å². The molecular formula is C22H29Cl2NO3. The summed E-state index contributed by atoms with van der Waals surface area (Å²) in [5, 5.41) is 4.49. The minimum Gasteiger partial charge on any atom is -0.490 e. The summed E-state index contributed by atoms with van der Waals surface area (Å²) in [5.74, 6) is 1.45. The molecule has 0 atom stereocenters. The molecule has 2 rings (SSSR count). The maximum atomic E-state index is 6.07. The molecule has 0 spiro atoms. The second kappa shape index (κ2) is 12.2. The van der Waals surface area contributed by atoms with Gasteiger partial charge in [-0.2, -0.15) is 0 Å². The van der Waals surface area contributed by atoms with Gasteiger partial charge in [0.15, 0.2) is 11.5 Å². The average Bonchev–Trinajstić information content (AvgIpc) is 2.66. The first-order valence-corrected chi connectivity index (χ1v) is 10.4. The lowest BCUT2D eigenvalue weighted by molar-refractivity contribution is 0.0770. The van der Waals surface area contributed by atoms with E-state index < -0.39 is 0 Å². The molecule has 0 aliphatic heterocycles. The molecule has 0 heterocycles. The fourth-order valence-corrected chi connectivity index (χ4v) is 2.91. The number of benzene rings is 2. The quantitative estimate of drug-likeness (QED) is 0.431. The summed E-state index contributed by atoms with van der Waals surface area (Å²) >= 11 is 12.0. The summed E-state index contributed by atoms with van der Waals surface area (Å²) in [7, 11) is 0. The average molecular weight is 426 g/mol. The van der Waals surface area contributed by atoms with Crippen molar-refractivity contribution in [3.05, 3.63) is 57.6 Å². The highest BCUT2D eigenvalue weighted by atomic mass is 35.5. The van der Waals surface area contributed by atoms with Crippen molar-refractivity contribution in [3.63, 3.8) is 0 Å². The lowest BCUT2D eigenvalue weighted by Crippen LogP contribution is -2.17. The van der Waals surface area contributed by atoms with Crippen LogP contribution in [-0.4, -0.2) is 25.9 Å². The molecule has 0 saturated heterocycles. The Bertz CT molecular complexity index is 738. The molecule has 6 heteroatoms. The van der Waals surface area contributed by atoms with Crippen LogP contribution in [0.25, 0.3) is 0 Å². The van der Waals surface area contributed by atoms with Gasteiger partial charge in [-0.15, -0.1) is 0 Å². The minimum atomic E-state index is 0.283. The predicted molar refractivity (Wildman–Crippen MR) is 116 cm³/mol. The van der Waals surface area contributed by atoms with Crippen molar-refractivity contribution in [1.29, 1.82) is 0 Å². The Morgan fingerprint density at radius 1 is 0.929 bits per heavy atom. The molecule has 0 aromatic heterocycles. The zero-order chi connectivity index (χ0) is 20.4. The van der Waals surface area contributed by atoms with E-state index >= 15 is 0 Å². The molecule has 0 aliphatic carbocycles. The molecule has 0 aliphatic rings. The van der Waals surface area contributed by atoms with E-state index in [1.165, 1.54) is 0 Å². The summed E-state index contributed by atoms with van der Waals surface area (Å²) in [6.07, 6.45) is 1.27. The minimum absolute atomic E-state index is 0.283. The number of nitrogens with one attached hydrogen (secondary N) is 1. The Labute approximate surface area is 178 Å². The Morgan fingerprint density at radius 3 is 2.43 bits per heavy atom. The van der Waals surface area contributed by atoms with Crippen molar-refractivity contribution in [2.24, 2.45) is 0 Å². The maximum absolute atomic E-state index is 6.07. The van der Waals surface area contributed by atoms with E-state index in [2.05, 4.69) is 5.32 Å². The predicted octanol–water partition coefficient (Wildman–Crippen LogP) is 5.88. The van der Waals surface area contributed by atoms with Crippen molar-refractivity contribution < 1.29 is 14.2 Å². The lowest BCUT2D eigenvalue weighted by Gasteiger charge is -2.14. The number of ether oxygens (including phenoxy) is 3. The first kappa shape index (κ1) is 22.8. The number of rotatable bonds is 12. The van der Waals surface area contributed by atoms with Gasteiger partial charge in [-0.05, 0) is 69.1 Å². The molecular weight excluding hydrogens is 397 g/mol. The summed E-state index contributed by atoms with van der Waals surface area (Å²) < 4.78 is 17.2. The third-order valence-electron chi connectivity index (χ3n) is 3.96. The molecule has 2 aromatic rings. The summed E-state index contributed by atoms with van der Waals surface area (Å²) in [6, 6.07) is 11.5. The summed E-state index contributed by atoms with van der Waals surface area (Å²) in [6.45, 7) is 9.48. The van der Waals surface area contributed by atoms with Gasteiger partial charge in [-0.3, -0.25) is 0 Å². The van der Waals surface area contributed by atoms with Gasteiger partial charge in [0.2, 0.25) is 0 Å². The third-order valence-corrected chi connectivity index (χ3v) is 4.70. The molecule has 0 radical (unpaired) electrons. The monoisotopic (exact) mass is 425 g/mol. The van der Waals surface area contributed by atoms with Crippen LogP contribution in [0.5, 0.6) is 11.5 Å². The van der Waals surface area contributed by atoms with E-state index in [1.54, 1.807) is 6.07 Å². The zero-order valence-corrected chi connectivity index (χ0v) is 18.3. The van der Waals surface area contributed by atoms with Crippen LogP contribution in [0.3, 0.4) is 0 Å². The fraction of sp³-hybridized carbons (Fsp3) is 0.455. The van der Waals surface area contributed by atoms with Crippen LogP contribution in [0.2, 0.25) is 10.0 Å². The summed E-state index contributed by atoms with van der Waals surface area (Å²) in [5.41, 5.74) is 2.10. The van der Waals surface area contributed by atoms with Crippen molar-refractivity contribution in [2.45, 2.75) is 46.4 Å². The second-order valence-electron chi connectivity index (χ2n) is 6.70. The summed E-state index contributed by atoms with van der Waals surface area (Å²) in [4.78, 5) is 0. The van der Waals surface area contributed by atoms with Crippen LogP contribution >= 0.6 is 23.2 Å². The van der Waals surface area contributed by atoms with Gasteiger partial charge in [0.1, 0.15) is 6.61 Å². The molecule has 2 aromatic carbocycles. The Morgan fingerprint density at radius 2 is 1.71 bits per heavy atom. The first-order valence-electron chi connectivity index (χ1n) is 9.64. The van der Waals surface area contributed by atoms with Gasteiger partial charge < -0.3 is 19.5 Å². The molecule has 0 bridgehead atoms. The molecule has 28 heavy (non-hydrogen) atoms. The highest BCUT2D eigenvalue weighted by Crippen LogP contribution is 2.30. The van der Waals surface area contributed by atoms with Crippen molar-refractivity contribution >= 4 is 23.2 Å². The van der Waals surface area contributed by atoms with Gasteiger partial charge in [-0.25, -0.2) is 0 Å². The van der Waals surface area contributed by atoms with Gasteiger partial charge in [0, 0.05) is 13.2 Å². The van der Waals surface area contributed by atoms with Gasteiger partial charge >= 0.3 is 0 Å². The fourth-order valence-electron chi connectivity index (χ4n) is 2.59. The molecule has 0 saturated carbocycles. The zero-order valence-electron chi connectivity index (χ0n) is 16.8. The largest absolute Gasteiger partial charge is 0.490 e. The lowest BCUT2D eigenvalue weighted by atomic mass is 10.2. The van der Waals surface area contributed by atoms with E-state index in [1.807, 2.05) is 51.1 Å². The van der Waals surface area contributed by atoms with E-state index in [0.717, 1.165) is 43.0 Å². The molecule has 0 fully saturated rings. The molecule has 154 valence electrons. The maximum Gasteiger partial charge on any atom is 0.161 e.